The first-order valence-corrected chi connectivity index (χ1v) is 15.4. The highest BCUT2D eigenvalue weighted by molar-refractivity contribution is 5.92. The summed E-state index contributed by atoms with van der Waals surface area (Å²) in [7, 11) is 0. The van der Waals surface area contributed by atoms with E-state index in [0.717, 1.165) is 37.1 Å². The fourth-order valence-electron chi connectivity index (χ4n) is 4.26. The van der Waals surface area contributed by atoms with Crippen LogP contribution in [0.15, 0.2) is 60.7 Å². The first kappa shape index (κ1) is 37.7. The molecule has 3 aromatic rings. The zero-order valence-electron chi connectivity index (χ0n) is 26.6. The Kier molecular flexibility index (Phi) is 14.8. The van der Waals surface area contributed by atoms with Gasteiger partial charge in [0, 0.05) is 18.2 Å². The predicted octanol–water partition coefficient (Wildman–Crippen LogP) is 7.54. The summed E-state index contributed by atoms with van der Waals surface area (Å²) in [5.41, 5.74) is -1.49. The van der Waals surface area contributed by atoms with Gasteiger partial charge in [-0.25, -0.2) is 18.8 Å². The SMILES string of the molecule is CCCCCOc1ccc(C(=O)Oc2ccc(/C=C/C(=O)OCCCCCCOC(=O)c3cc([N+](=O)[O-])cc([N+](=O)[O-])c3)cc2)c(F)c1F. The number of carbonyl (C=O) groups is 3. The number of carbonyl (C=O) groups excluding carboxylic acids is 3. The monoisotopic (exact) mass is 684 g/mol. The molecule has 15 heteroatoms. The molecule has 0 spiro atoms. The van der Waals surface area contributed by atoms with E-state index in [1.807, 2.05) is 6.92 Å². The van der Waals surface area contributed by atoms with Crippen molar-refractivity contribution < 1.29 is 52.0 Å². The van der Waals surface area contributed by atoms with Gasteiger partial charge in [-0.15, -0.1) is 0 Å². The molecule has 260 valence electrons. The van der Waals surface area contributed by atoms with Gasteiger partial charge in [0.15, 0.2) is 11.6 Å². The average molecular weight is 685 g/mol. The summed E-state index contributed by atoms with van der Waals surface area (Å²) >= 11 is 0. The molecule has 0 radical (unpaired) electrons. The second kappa shape index (κ2) is 19.2. The summed E-state index contributed by atoms with van der Waals surface area (Å²) in [6, 6.07) is 10.8. The quantitative estimate of drug-likeness (QED) is 0.0304. The highest BCUT2D eigenvalue weighted by Crippen LogP contribution is 2.25. The molecule has 0 aliphatic rings. The molecule has 0 saturated heterocycles. The zero-order valence-corrected chi connectivity index (χ0v) is 26.6. The summed E-state index contributed by atoms with van der Waals surface area (Å²) in [4.78, 5) is 56.9. The number of rotatable bonds is 19. The summed E-state index contributed by atoms with van der Waals surface area (Å²) < 4.78 is 49.5. The highest BCUT2D eigenvalue weighted by Gasteiger charge is 2.22. The van der Waals surface area contributed by atoms with Crippen molar-refractivity contribution in [2.24, 2.45) is 0 Å². The maximum atomic E-state index is 14.5. The van der Waals surface area contributed by atoms with Crippen molar-refractivity contribution in [2.45, 2.75) is 51.9 Å². The molecular formula is C34H34F2N2O11. The van der Waals surface area contributed by atoms with Gasteiger partial charge < -0.3 is 18.9 Å². The maximum absolute atomic E-state index is 14.5. The van der Waals surface area contributed by atoms with E-state index < -0.39 is 56.3 Å². The van der Waals surface area contributed by atoms with Gasteiger partial charge in [-0.3, -0.25) is 20.2 Å². The third kappa shape index (κ3) is 12.1. The fraction of sp³-hybridized carbons (Fsp3) is 0.324. The highest BCUT2D eigenvalue weighted by atomic mass is 19.2. The van der Waals surface area contributed by atoms with Crippen LogP contribution in [0, 0.1) is 31.9 Å². The van der Waals surface area contributed by atoms with Gasteiger partial charge in [0.05, 0.1) is 46.9 Å². The third-order valence-corrected chi connectivity index (χ3v) is 6.85. The first-order valence-electron chi connectivity index (χ1n) is 15.4. The number of halogens is 2. The van der Waals surface area contributed by atoms with Crippen molar-refractivity contribution in [3.05, 3.63) is 109 Å². The summed E-state index contributed by atoms with van der Waals surface area (Å²) in [5.74, 6) is -5.43. The molecule has 0 aromatic heterocycles. The van der Waals surface area contributed by atoms with E-state index >= 15 is 0 Å². The minimum absolute atomic E-state index is 0.00689. The topological polar surface area (TPSA) is 174 Å². The summed E-state index contributed by atoms with van der Waals surface area (Å²) in [6.45, 7) is 2.36. The van der Waals surface area contributed by atoms with Gasteiger partial charge in [0.2, 0.25) is 5.82 Å². The number of hydrogen-bond acceptors (Lipinski definition) is 11. The molecule has 0 saturated carbocycles. The summed E-state index contributed by atoms with van der Waals surface area (Å²) in [6.07, 6.45) is 7.46. The smallest absolute Gasteiger partial charge is 0.346 e. The minimum atomic E-state index is -1.37. The molecule has 0 unspecified atom stereocenters. The lowest BCUT2D eigenvalue weighted by atomic mass is 10.1. The molecule has 0 aliphatic carbocycles. The van der Waals surface area contributed by atoms with Crippen LogP contribution in [0.4, 0.5) is 20.2 Å². The van der Waals surface area contributed by atoms with Gasteiger partial charge in [-0.2, -0.15) is 4.39 Å². The Morgan fingerprint density at radius 3 is 1.96 bits per heavy atom. The maximum Gasteiger partial charge on any atom is 0.346 e. The van der Waals surface area contributed by atoms with Crippen molar-refractivity contribution in [3.8, 4) is 11.5 Å². The molecule has 0 amide bonds. The lowest BCUT2D eigenvalue weighted by Crippen LogP contribution is -2.12. The lowest BCUT2D eigenvalue weighted by Gasteiger charge is -2.10. The number of esters is 3. The Morgan fingerprint density at radius 2 is 1.35 bits per heavy atom. The third-order valence-electron chi connectivity index (χ3n) is 6.85. The lowest BCUT2D eigenvalue weighted by molar-refractivity contribution is -0.394. The molecule has 0 aliphatic heterocycles. The molecule has 3 rings (SSSR count). The van der Waals surface area contributed by atoms with Crippen molar-refractivity contribution >= 4 is 35.4 Å². The van der Waals surface area contributed by atoms with E-state index in [4.69, 9.17) is 18.9 Å². The van der Waals surface area contributed by atoms with Crippen LogP contribution in [0.25, 0.3) is 6.08 Å². The van der Waals surface area contributed by atoms with Crippen LogP contribution in [0.5, 0.6) is 11.5 Å². The van der Waals surface area contributed by atoms with Gasteiger partial charge in [-0.05, 0) is 68.0 Å². The number of unbranched alkanes of at least 4 members (excludes halogenated alkanes) is 5. The predicted molar refractivity (Wildman–Crippen MR) is 171 cm³/mol. The largest absolute Gasteiger partial charge is 0.490 e. The Hall–Kier alpha value is -5.73. The van der Waals surface area contributed by atoms with Gasteiger partial charge >= 0.3 is 17.9 Å². The van der Waals surface area contributed by atoms with E-state index in [2.05, 4.69) is 0 Å². The molecular weight excluding hydrogens is 650 g/mol. The number of hydrogen-bond donors (Lipinski definition) is 0. The minimum Gasteiger partial charge on any atom is -0.490 e. The first-order chi connectivity index (χ1) is 23.5. The molecule has 0 heterocycles. The molecule has 49 heavy (non-hydrogen) atoms. The second-order valence-electron chi connectivity index (χ2n) is 10.6. The molecule has 0 atom stereocenters. The van der Waals surface area contributed by atoms with Gasteiger partial charge in [-0.1, -0.05) is 31.9 Å². The zero-order chi connectivity index (χ0) is 35.8. The number of nitrogens with zero attached hydrogens (tertiary/aromatic N) is 2. The number of non-ortho nitro benzene ring substituents is 2. The summed E-state index contributed by atoms with van der Waals surface area (Å²) in [5, 5.41) is 21.9. The van der Waals surface area contributed by atoms with E-state index in [1.54, 1.807) is 12.1 Å². The number of benzene rings is 3. The van der Waals surface area contributed by atoms with E-state index in [1.165, 1.54) is 30.4 Å². The Labute approximate surface area is 279 Å². The van der Waals surface area contributed by atoms with Crippen LogP contribution in [0.3, 0.4) is 0 Å². The number of ether oxygens (including phenoxy) is 4. The van der Waals surface area contributed by atoms with Crippen LogP contribution in [-0.2, 0) is 14.3 Å². The standard InChI is InChI=1S/C34H34F2N2O11/c1-2-3-6-17-46-29-15-14-28(31(35)32(29)36)34(41)49-27-12-9-23(10-13-27)11-16-30(39)47-18-7-4-5-8-19-48-33(40)24-20-25(37(42)43)22-26(21-24)38(44)45/h9-16,20-22H,2-8,17-19H2,1H3/b16-11+. The van der Waals surface area contributed by atoms with Gasteiger partial charge in [0.1, 0.15) is 5.75 Å². The van der Waals surface area contributed by atoms with Crippen molar-refractivity contribution in [3.63, 3.8) is 0 Å². The number of nitro benzene ring substituents is 2. The Bertz CT molecular complexity index is 1650. The normalized spacial score (nSPS) is 10.8. The Morgan fingerprint density at radius 1 is 0.735 bits per heavy atom. The molecule has 0 fully saturated rings. The molecule has 3 aromatic carbocycles. The Balaban J connectivity index is 1.34. The van der Waals surface area contributed by atoms with Crippen molar-refractivity contribution in [1.29, 1.82) is 0 Å². The van der Waals surface area contributed by atoms with Crippen molar-refractivity contribution in [2.75, 3.05) is 19.8 Å². The number of nitro groups is 2. The van der Waals surface area contributed by atoms with Crippen molar-refractivity contribution in [1.82, 2.24) is 0 Å². The van der Waals surface area contributed by atoms with E-state index in [-0.39, 0.29) is 36.9 Å². The van der Waals surface area contributed by atoms with Crippen LogP contribution in [-0.4, -0.2) is 47.6 Å². The molecule has 0 N–H and O–H groups in total. The van der Waals surface area contributed by atoms with Crippen LogP contribution in [0.2, 0.25) is 0 Å². The van der Waals surface area contributed by atoms with Crippen LogP contribution < -0.4 is 9.47 Å². The van der Waals surface area contributed by atoms with Crippen LogP contribution >= 0.6 is 0 Å². The van der Waals surface area contributed by atoms with Gasteiger partial charge in [0.25, 0.3) is 11.4 Å². The second-order valence-corrected chi connectivity index (χ2v) is 10.6. The molecule has 0 bridgehead atoms. The van der Waals surface area contributed by atoms with E-state index in [0.29, 0.717) is 37.7 Å². The average Bonchev–Trinajstić information content (AvgIpc) is 3.08. The van der Waals surface area contributed by atoms with Crippen LogP contribution in [0.1, 0.15) is 78.1 Å². The molecule has 13 nitrogen and oxygen atoms in total. The fourth-order valence-corrected chi connectivity index (χ4v) is 4.26. The van der Waals surface area contributed by atoms with E-state index in [9.17, 15) is 43.4 Å².